The zero-order chi connectivity index (χ0) is 21.0. The number of carbonyl (C=O) groups excluding carboxylic acids is 1. The van der Waals surface area contributed by atoms with Gasteiger partial charge in [-0.05, 0) is 70.0 Å². The quantitative estimate of drug-likeness (QED) is 0.624. The fraction of sp³-hybridized carbons (Fsp3) is 0.417. The van der Waals surface area contributed by atoms with Gasteiger partial charge in [-0.3, -0.25) is 14.7 Å². The van der Waals surface area contributed by atoms with E-state index in [2.05, 4.69) is 67.3 Å². The minimum atomic E-state index is -0.331. The number of fused-ring (bicyclic) bond motifs is 1. The third kappa shape index (κ3) is 5.04. The first-order valence-electron chi connectivity index (χ1n) is 10.4. The van der Waals surface area contributed by atoms with Crippen molar-refractivity contribution in [2.75, 3.05) is 23.7 Å². The molecule has 2 N–H and O–H groups in total. The molecule has 0 fully saturated rings. The molecule has 1 unspecified atom stereocenters. The van der Waals surface area contributed by atoms with Crippen LogP contribution < -0.4 is 10.6 Å². The monoisotopic (exact) mass is 392 g/mol. The first-order chi connectivity index (χ1) is 13.9. The van der Waals surface area contributed by atoms with Gasteiger partial charge in [-0.25, -0.2) is 0 Å². The lowest BCUT2D eigenvalue weighted by atomic mass is 10.0. The van der Waals surface area contributed by atoms with Crippen molar-refractivity contribution in [1.29, 1.82) is 0 Å². The van der Waals surface area contributed by atoms with E-state index in [9.17, 15) is 4.79 Å². The number of hydrogen-bond acceptors (Lipinski definition) is 4. The van der Waals surface area contributed by atoms with E-state index in [0.717, 1.165) is 41.3 Å². The highest BCUT2D eigenvalue weighted by atomic mass is 16.2. The van der Waals surface area contributed by atoms with Crippen molar-refractivity contribution < 1.29 is 4.79 Å². The molecule has 0 radical (unpaired) electrons. The maximum atomic E-state index is 12.2. The van der Waals surface area contributed by atoms with Crippen molar-refractivity contribution in [3.63, 3.8) is 0 Å². The van der Waals surface area contributed by atoms with E-state index in [1.54, 1.807) is 6.21 Å². The molecule has 2 aromatic carbocycles. The Morgan fingerprint density at radius 1 is 1.14 bits per heavy atom. The summed E-state index contributed by atoms with van der Waals surface area (Å²) < 4.78 is 0. The van der Waals surface area contributed by atoms with Crippen LogP contribution in [-0.2, 0) is 4.79 Å². The number of nitrogens with one attached hydrogen (secondary N) is 2. The normalized spacial score (nSPS) is 16.1. The highest BCUT2D eigenvalue weighted by Crippen LogP contribution is 2.31. The molecular weight excluding hydrogens is 360 g/mol. The molecule has 0 saturated heterocycles. The van der Waals surface area contributed by atoms with Crippen LogP contribution in [0.2, 0.25) is 0 Å². The second-order valence-electron chi connectivity index (χ2n) is 8.18. The number of amides is 1. The van der Waals surface area contributed by atoms with E-state index in [0.29, 0.717) is 12.1 Å². The number of nitrogens with zero attached hydrogens (tertiary/aromatic N) is 2. The Balaban J connectivity index is 1.63. The van der Waals surface area contributed by atoms with Gasteiger partial charge >= 0.3 is 0 Å². The molecule has 5 heteroatoms. The number of rotatable bonds is 8. The molecule has 1 amide bonds. The van der Waals surface area contributed by atoms with Crippen molar-refractivity contribution in [3.05, 3.63) is 53.6 Å². The molecule has 0 spiro atoms. The highest BCUT2D eigenvalue weighted by molar-refractivity contribution is 6.12. The van der Waals surface area contributed by atoms with Gasteiger partial charge in [0.2, 0.25) is 5.91 Å². The topological polar surface area (TPSA) is 56.7 Å². The van der Waals surface area contributed by atoms with Crippen LogP contribution in [0.5, 0.6) is 0 Å². The van der Waals surface area contributed by atoms with Gasteiger partial charge in [-0.15, -0.1) is 0 Å². The van der Waals surface area contributed by atoms with Crippen LogP contribution in [0, 0.1) is 6.92 Å². The largest absolute Gasteiger partial charge is 0.384 e. The molecule has 154 valence electrons. The molecule has 5 nitrogen and oxygen atoms in total. The standard InChI is InChI=1S/C24H32N4O/c1-16(2)28(17(3)4)13-12-25-22-11-10-19(14-18(22)5)26-15-21-20-8-6-7-9-23(20)27-24(21)29/h6-11,14-17,21,25H,12-13H2,1-5H3,(H,27,29). The molecule has 29 heavy (non-hydrogen) atoms. The average molecular weight is 393 g/mol. The van der Waals surface area contributed by atoms with Crippen molar-refractivity contribution >= 4 is 29.2 Å². The predicted octanol–water partition coefficient (Wildman–Crippen LogP) is 4.96. The van der Waals surface area contributed by atoms with E-state index < -0.39 is 0 Å². The second-order valence-corrected chi connectivity index (χ2v) is 8.18. The Morgan fingerprint density at radius 3 is 2.55 bits per heavy atom. The minimum Gasteiger partial charge on any atom is -0.384 e. The maximum Gasteiger partial charge on any atom is 0.237 e. The lowest BCUT2D eigenvalue weighted by Gasteiger charge is -2.30. The van der Waals surface area contributed by atoms with Crippen molar-refractivity contribution in [3.8, 4) is 0 Å². The Labute approximate surface area is 174 Å². The summed E-state index contributed by atoms with van der Waals surface area (Å²) in [7, 11) is 0. The van der Waals surface area contributed by atoms with E-state index in [1.807, 2.05) is 30.3 Å². The number of anilines is 2. The van der Waals surface area contributed by atoms with Gasteiger partial charge < -0.3 is 10.6 Å². The van der Waals surface area contributed by atoms with E-state index in [-0.39, 0.29) is 11.8 Å². The molecule has 3 rings (SSSR count). The van der Waals surface area contributed by atoms with Crippen LogP contribution in [0.1, 0.15) is 44.7 Å². The lowest BCUT2D eigenvalue weighted by molar-refractivity contribution is -0.115. The molecule has 0 saturated carbocycles. The fourth-order valence-corrected chi connectivity index (χ4v) is 3.90. The zero-order valence-electron chi connectivity index (χ0n) is 18.1. The summed E-state index contributed by atoms with van der Waals surface area (Å²) in [6.45, 7) is 12.9. The van der Waals surface area contributed by atoms with Gasteiger partial charge in [0, 0.05) is 42.8 Å². The summed E-state index contributed by atoms with van der Waals surface area (Å²) in [5, 5.41) is 6.45. The summed E-state index contributed by atoms with van der Waals surface area (Å²) in [5.41, 5.74) is 4.99. The third-order valence-electron chi connectivity index (χ3n) is 5.43. The van der Waals surface area contributed by atoms with Crippen LogP contribution in [0.4, 0.5) is 17.1 Å². The van der Waals surface area contributed by atoms with Gasteiger partial charge in [0.15, 0.2) is 0 Å². The third-order valence-corrected chi connectivity index (χ3v) is 5.43. The molecular formula is C24H32N4O. The van der Waals surface area contributed by atoms with Crippen LogP contribution in [0.15, 0.2) is 47.5 Å². The number of aryl methyl sites for hydroxylation is 1. The Bertz CT molecular complexity index is 880. The van der Waals surface area contributed by atoms with Gasteiger partial charge in [0.05, 0.1) is 5.69 Å². The van der Waals surface area contributed by atoms with Crippen LogP contribution in [-0.4, -0.2) is 42.2 Å². The maximum absolute atomic E-state index is 12.2. The highest BCUT2D eigenvalue weighted by Gasteiger charge is 2.28. The number of benzene rings is 2. The van der Waals surface area contributed by atoms with Crippen LogP contribution in [0.25, 0.3) is 0 Å². The molecule has 0 bridgehead atoms. The Hall–Kier alpha value is -2.66. The predicted molar refractivity (Wildman–Crippen MR) is 123 cm³/mol. The number of para-hydroxylation sites is 1. The zero-order valence-corrected chi connectivity index (χ0v) is 18.1. The number of hydrogen-bond donors (Lipinski definition) is 2. The fourth-order valence-electron chi connectivity index (χ4n) is 3.90. The molecule has 0 aliphatic carbocycles. The van der Waals surface area contributed by atoms with Gasteiger partial charge in [-0.1, -0.05) is 18.2 Å². The lowest BCUT2D eigenvalue weighted by Crippen LogP contribution is -2.40. The first kappa shape index (κ1) is 21.1. The van der Waals surface area contributed by atoms with Crippen molar-refractivity contribution in [1.82, 2.24) is 4.90 Å². The minimum absolute atomic E-state index is 0.0233. The Morgan fingerprint density at radius 2 is 1.86 bits per heavy atom. The van der Waals surface area contributed by atoms with Gasteiger partial charge in [0.25, 0.3) is 0 Å². The van der Waals surface area contributed by atoms with E-state index >= 15 is 0 Å². The van der Waals surface area contributed by atoms with Gasteiger partial charge in [-0.2, -0.15) is 0 Å². The van der Waals surface area contributed by atoms with Gasteiger partial charge in [0.1, 0.15) is 5.92 Å². The molecule has 0 aromatic heterocycles. The molecule has 1 atom stereocenters. The van der Waals surface area contributed by atoms with Crippen molar-refractivity contribution in [2.45, 2.75) is 52.6 Å². The average Bonchev–Trinajstić information content (AvgIpc) is 2.99. The summed E-state index contributed by atoms with van der Waals surface area (Å²) in [6.07, 6.45) is 1.74. The molecule has 1 heterocycles. The Kier molecular flexibility index (Phi) is 6.70. The summed E-state index contributed by atoms with van der Waals surface area (Å²) in [5.74, 6) is -0.354. The summed E-state index contributed by atoms with van der Waals surface area (Å²) >= 11 is 0. The first-order valence-corrected chi connectivity index (χ1v) is 10.4. The van der Waals surface area contributed by atoms with E-state index in [4.69, 9.17) is 0 Å². The molecule has 1 aliphatic rings. The molecule has 2 aromatic rings. The second kappa shape index (κ2) is 9.23. The number of aliphatic imine (C=N–C) groups is 1. The summed E-state index contributed by atoms with van der Waals surface area (Å²) in [6, 6.07) is 15.0. The summed E-state index contributed by atoms with van der Waals surface area (Å²) in [4.78, 5) is 19.3. The SMILES string of the molecule is Cc1cc(N=CC2C(=O)Nc3ccccc32)ccc1NCCN(C(C)C)C(C)C. The van der Waals surface area contributed by atoms with E-state index in [1.165, 1.54) is 0 Å². The van der Waals surface area contributed by atoms with Crippen molar-refractivity contribution in [2.24, 2.45) is 4.99 Å². The van der Waals surface area contributed by atoms with Crippen LogP contribution in [0.3, 0.4) is 0 Å². The smallest absolute Gasteiger partial charge is 0.237 e. The van der Waals surface area contributed by atoms with Crippen LogP contribution >= 0.6 is 0 Å². The molecule has 1 aliphatic heterocycles. The number of carbonyl (C=O) groups is 1.